The zero-order chi connectivity index (χ0) is 7.07. The summed E-state index contributed by atoms with van der Waals surface area (Å²) in [6.45, 7) is 4.17. The van der Waals surface area contributed by atoms with Crippen molar-refractivity contribution < 1.29 is 0 Å². The third-order valence-electron chi connectivity index (χ3n) is 1.78. The Morgan fingerprint density at radius 3 is 2.22 bits per heavy atom. The second kappa shape index (κ2) is 2.07. The van der Waals surface area contributed by atoms with Gasteiger partial charge < -0.3 is 0 Å². The summed E-state index contributed by atoms with van der Waals surface area (Å²) in [5.41, 5.74) is 0.182. The fourth-order valence-electron chi connectivity index (χ4n) is 0.798. The zero-order valence-corrected chi connectivity index (χ0v) is 6.96. The monoisotopic (exact) mass is 161 g/mol. The lowest BCUT2D eigenvalue weighted by Gasteiger charge is -1.93. The third-order valence-corrected chi connectivity index (χ3v) is 3.98. The van der Waals surface area contributed by atoms with Gasteiger partial charge in [-0.25, -0.2) is 0 Å². The molecule has 0 amide bonds. The predicted molar refractivity (Wildman–Crippen MR) is 40.4 cm³/mol. The fraction of sp³-hybridized carbons (Fsp3) is 0.833. The lowest BCUT2D eigenvalue weighted by atomic mass is 10.2. The van der Waals surface area contributed by atoms with E-state index in [-0.39, 0.29) is 10.8 Å². The van der Waals surface area contributed by atoms with E-state index in [1.807, 2.05) is 5.40 Å². The van der Waals surface area contributed by atoms with Crippen LogP contribution in [0.1, 0.15) is 13.8 Å². The van der Waals surface area contributed by atoms with Gasteiger partial charge in [-0.05, 0) is 17.2 Å². The second-order valence-electron chi connectivity index (χ2n) is 2.85. The summed E-state index contributed by atoms with van der Waals surface area (Å²) in [5.74, 6) is 0. The van der Waals surface area contributed by atoms with Gasteiger partial charge in [-0.2, -0.15) is 5.26 Å². The van der Waals surface area contributed by atoms with E-state index in [4.69, 9.17) is 16.9 Å². The molecule has 9 heavy (non-hydrogen) atoms. The van der Waals surface area contributed by atoms with Gasteiger partial charge in [0.15, 0.2) is 0 Å². The number of rotatable bonds is 1. The number of nitrogens with zero attached hydrogens (tertiary/aromatic N) is 1. The van der Waals surface area contributed by atoms with Crippen LogP contribution in [-0.4, -0.2) is 10.6 Å². The van der Waals surface area contributed by atoms with Gasteiger partial charge in [0.25, 0.3) is 0 Å². The Morgan fingerprint density at radius 2 is 2.11 bits per heavy atom. The number of nitriles is 1. The van der Waals surface area contributed by atoms with Gasteiger partial charge in [0.1, 0.15) is 5.40 Å². The summed E-state index contributed by atoms with van der Waals surface area (Å²) in [7, 11) is 0. The van der Waals surface area contributed by atoms with Crippen molar-refractivity contribution in [3.8, 4) is 5.40 Å². The van der Waals surface area contributed by atoms with Gasteiger partial charge in [-0.3, -0.25) is 0 Å². The molecule has 0 saturated heterocycles. The lowest BCUT2D eigenvalue weighted by Crippen LogP contribution is -1.89. The van der Waals surface area contributed by atoms with Crippen LogP contribution in [0, 0.1) is 16.1 Å². The molecule has 1 fully saturated rings. The number of thioether (sulfide) groups is 1. The smallest absolute Gasteiger partial charge is 0.133 e. The molecule has 1 aliphatic rings. The predicted octanol–water partition coefficient (Wildman–Crippen LogP) is 2.22. The fourth-order valence-corrected chi connectivity index (χ4v) is 2.37. The molecule has 0 aromatic rings. The lowest BCUT2D eigenvalue weighted by molar-refractivity contribution is 0.660. The van der Waals surface area contributed by atoms with E-state index >= 15 is 0 Å². The van der Waals surface area contributed by atoms with Crippen LogP contribution in [0.3, 0.4) is 0 Å². The molecule has 0 aromatic carbocycles. The first-order valence-corrected chi connectivity index (χ1v) is 4.11. The molecule has 50 valence electrons. The van der Waals surface area contributed by atoms with Gasteiger partial charge in [-0.1, -0.05) is 13.8 Å². The topological polar surface area (TPSA) is 23.8 Å². The van der Waals surface area contributed by atoms with Crippen LogP contribution in [0.25, 0.3) is 0 Å². The van der Waals surface area contributed by atoms with Crippen LogP contribution >= 0.6 is 23.4 Å². The van der Waals surface area contributed by atoms with Gasteiger partial charge in [-0.15, -0.1) is 11.6 Å². The van der Waals surface area contributed by atoms with E-state index in [9.17, 15) is 0 Å². The van der Waals surface area contributed by atoms with Crippen molar-refractivity contribution in [1.82, 2.24) is 0 Å². The van der Waals surface area contributed by atoms with E-state index in [0.717, 1.165) is 0 Å². The van der Waals surface area contributed by atoms with E-state index in [0.29, 0.717) is 5.25 Å². The van der Waals surface area contributed by atoms with Gasteiger partial charge in [0.05, 0.1) is 5.38 Å². The van der Waals surface area contributed by atoms with Crippen LogP contribution in [0.2, 0.25) is 0 Å². The zero-order valence-electron chi connectivity index (χ0n) is 5.39. The maximum atomic E-state index is 8.28. The number of hydrogen-bond donors (Lipinski definition) is 0. The SMILES string of the molecule is CC1(C)[C@H](Cl)[C@H]1SC#N. The molecule has 0 spiro atoms. The summed E-state index contributed by atoms with van der Waals surface area (Å²) >= 11 is 7.14. The summed E-state index contributed by atoms with van der Waals surface area (Å²) in [6, 6.07) is 0. The van der Waals surface area contributed by atoms with Gasteiger partial charge in [0, 0.05) is 5.25 Å². The molecular weight excluding hydrogens is 154 g/mol. The number of hydrogen-bond acceptors (Lipinski definition) is 2. The minimum atomic E-state index is 0.182. The highest BCUT2D eigenvalue weighted by Gasteiger charge is 2.57. The Balaban J connectivity index is 2.45. The first kappa shape index (κ1) is 7.24. The minimum absolute atomic E-state index is 0.182. The average Bonchev–Trinajstić information content (AvgIpc) is 2.19. The van der Waals surface area contributed by atoms with Gasteiger partial charge >= 0.3 is 0 Å². The molecule has 0 radical (unpaired) electrons. The van der Waals surface area contributed by atoms with Crippen molar-refractivity contribution >= 4 is 23.4 Å². The Bertz CT molecular complexity index is 161. The molecule has 0 aliphatic heterocycles. The first-order chi connectivity index (χ1) is 4.10. The molecule has 0 bridgehead atoms. The van der Waals surface area contributed by atoms with E-state index in [1.165, 1.54) is 11.8 Å². The van der Waals surface area contributed by atoms with E-state index in [1.54, 1.807) is 0 Å². The molecular formula is C6H8ClNS. The van der Waals surface area contributed by atoms with E-state index < -0.39 is 0 Å². The van der Waals surface area contributed by atoms with Crippen LogP contribution in [0.5, 0.6) is 0 Å². The van der Waals surface area contributed by atoms with E-state index in [2.05, 4.69) is 13.8 Å². The standard InChI is InChI=1S/C6H8ClNS/c1-6(2)4(7)5(6)9-3-8/h4-5H,1-2H3/t4-,5-/m1/s1. The normalized spacial score (nSPS) is 37.6. The second-order valence-corrected chi connectivity index (χ2v) is 4.25. The Morgan fingerprint density at radius 1 is 1.67 bits per heavy atom. The Kier molecular flexibility index (Phi) is 1.67. The molecule has 3 heteroatoms. The molecule has 1 saturated carbocycles. The summed E-state index contributed by atoms with van der Waals surface area (Å²) < 4.78 is 0. The molecule has 1 rings (SSSR count). The largest absolute Gasteiger partial charge is 0.185 e. The van der Waals surface area contributed by atoms with Crippen LogP contribution < -0.4 is 0 Å². The molecule has 1 nitrogen and oxygen atoms in total. The highest BCUT2D eigenvalue weighted by atomic mass is 35.5. The van der Waals surface area contributed by atoms with Crippen molar-refractivity contribution in [3.05, 3.63) is 0 Å². The highest BCUT2D eigenvalue weighted by molar-refractivity contribution is 8.04. The summed E-state index contributed by atoms with van der Waals surface area (Å²) in [6.07, 6.45) is 0. The Labute approximate surface area is 64.4 Å². The average molecular weight is 162 g/mol. The number of halogens is 1. The maximum Gasteiger partial charge on any atom is 0.133 e. The molecule has 0 N–H and O–H groups in total. The molecule has 0 heterocycles. The van der Waals surface area contributed by atoms with Crippen molar-refractivity contribution in [2.24, 2.45) is 5.41 Å². The molecule has 0 unspecified atom stereocenters. The van der Waals surface area contributed by atoms with Crippen molar-refractivity contribution in [2.45, 2.75) is 24.5 Å². The van der Waals surface area contributed by atoms with Crippen molar-refractivity contribution in [1.29, 1.82) is 5.26 Å². The highest BCUT2D eigenvalue weighted by Crippen LogP contribution is 2.56. The van der Waals surface area contributed by atoms with Crippen molar-refractivity contribution in [3.63, 3.8) is 0 Å². The van der Waals surface area contributed by atoms with Crippen molar-refractivity contribution in [2.75, 3.05) is 0 Å². The van der Waals surface area contributed by atoms with Gasteiger partial charge in [0.2, 0.25) is 0 Å². The number of alkyl halides is 1. The third kappa shape index (κ3) is 1.04. The Hall–Kier alpha value is 0.130. The summed E-state index contributed by atoms with van der Waals surface area (Å²) in [5, 5.41) is 10.9. The number of thiocyanates is 1. The first-order valence-electron chi connectivity index (χ1n) is 2.79. The molecule has 2 atom stereocenters. The molecule has 1 aliphatic carbocycles. The maximum absolute atomic E-state index is 8.28. The van der Waals surface area contributed by atoms with Crippen LogP contribution in [0.4, 0.5) is 0 Å². The van der Waals surface area contributed by atoms with Crippen LogP contribution in [-0.2, 0) is 0 Å². The minimum Gasteiger partial charge on any atom is -0.185 e. The quantitative estimate of drug-likeness (QED) is 0.435. The summed E-state index contributed by atoms with van der Waals surface area (Å²) in [4.78, 5) is 0. The van der Waals surface area contributed by atoms with Crippen LogP contribution in [0.15, 0.2) is 0 Å². The molecule has 0 aromatic heterocycles.